The lowest BCUT2D eigenvalue weighted by atomic mass is 9.68. The molecule has 0 aliphatic carbocycles. The standard InChI is InChI=1S/C19H27N3O/c23-15-21-13-16-3-1-2-4-18(16)19(14-21)7-11-22(12-8-19)17-5-9-20-10-6-17/h1-4,15,17,20H,5-14H2. The van der Waals surface area contributed by atoms with Crippen molar-refractivity contribution in [1.82, 2.24) is 15.1 Å². The van der Waals surface area contributed by atoms with Crippen molar-refractivity contribution in [2.75, 3.05) is 32.7 Å². The third-order valence-corrected chi connectivity index (χ3v) is 6.20. The molecule has 3 heterocycles. The van der Waals surface area contributed by atoms with Crippen LogP contribution in [0.5, 0.6) is 0 Å². The van der Waals surface area contributed by atoms with E-state index in [1.54, 1.807) is 0 Å². The Morgan fingerprint density at radius 1 is 1.13 bits per heavy atom. The van der Waals surface area contributed by atoms with E-state index < -0.39 is 0 Å². The predicted octanol–water partition coefficient (Wildman–Crippen LogP) is 1.74. The van der Waals surface area contributed by atoms with Gasteiger partial charge in [0.05, 0.1) is 0 Å². The second-order valence-electron chi connectivity index (χ2n) is 7.47. The summed E-state index contributed by atoms with van der Waals surface area (Å²) in [5.74, 6) is 0. The lowest BCUT2D eigenvalue weighted by Gasteiger charge is -2.49. The number of nitrogens with zero attached hydrogens (tertiary/aromatic N) is 2. The smallest absolute Gasteiger partial charge is 0.210 e. The van der Waals surface area contributed by atoms with E-state index in [4.69, 9.17) is 0 Å². The normalized spacial score (nSPS) is 25.3. The van der Waals surface area contributed by atoms with E-state index in [0.717, 1.165) is 38.6 Å². The van der Waals surface area contributed by atoms with E-state index in [2.05, 4.69) is 34.5 Å². The molecule has 0 atom stereocenters. The maximum atomic E-state index is 11.4. The Balaban J connectivity index is 1.54. The van der Waals surface area contributed by atoms with Crippen LogP contribution in [0.25, 0.3) is 0 Å². The molecule has 3 aliphatic heterocycles. The van der Waals surface area contributed by atoms with Gasteiger partial charge in [-0.05, 0) is 63.0 Å². The average Bonchev–Trinajstić information content (AvgIpc) is 2.63. The van der Waals surface area contributed by atoms with Crippen LogP contribution in [0.2, 0.25) is 0 Å². The summed E-state index contributed by atoms with van der Waals surface area (Å²) >= 11 is 0. The highest BCUT2D eigenvalue weighted by molar-refractivity contribution is 5.51. The summed E-state index contributed by atoms with van der Waals surface area (Å²) in [6.45, 7) is 6.34. The summed E-state index contributed by atoms with van der Waals surface area (Å²) in [6.07, 6.45) is 5.96. The number of hydrogen-bond acceptors (Lipinski definition) is 3. The molecule has 1 aromatic carbocycles. The summed E-state index contributed by atoms with van der Waals surface area (Å²) in [7, 11) is 0. The highest BCUT2D eigenvalue weighted by atomic mass is 16.1. The van der Waals surface area contributed by atoms with Gasteiger partial charge in [0.2, 0.25) is 6.41 Å². The monoisotopic (exact) mass is 313 g/mol. The van der Waals surface area contributed by atoms with Crippen LogP contribution in [0.3, 0.4) is 0 Å². The maximum absolute atomic E-state index is 11.4. The number of carbonyl (C=O) groups excluding carboxylic acids is 1. The Morgan fingerprint density at radius 2 is 1.87 bits per heavy atom. The van der Waals surface area contributed by atoms with Crippen molar-refractivity contribution >= 4 is 6.41 Å². The van der Waals surface area contributed by atoms with Gasteiger partial charge in [0.1, 0.15) is 0 Å². The van der Waals surface area contributed by atoms with Gasteiger partial charge in [-0.25, -0.2) is 0 Å². The lowest BCUT2D eigenvalue weighted by molar-refractivity contribution is -0.120. The van der Waals surface area contributed by atoms with Crippen LogP contribution in [0.4, 0.5) is 0 Å². The number of piperidine rings is 2. The van der Waals surface area contributed by atoms with Crippen molar-refractivity contribution in [3.63, 3.8) is 0 Å². The van der Waals surface area contributed by atoms with Crippen LogP contribution < -0.4 is 5.32 Å². The first-order valence-corrected chi connectivity index (χ1v) is 9.03. The number of likely N-dealkylation sites (tertiary alicyclic amines) is 1. The van der Waals surface area contributed by atoms with E-state index in [1.165, 1.54) is 49.9 Å². The van der Waals surface area contributed by atoms with Gasteiger partial charge < -0.3 is 15.1 Å². The fourth-order valence-electron chi connectivity index (χ4n) is 4.92. The van der Waals surface area contributed by atoms with E-state index in [-0.39, 0.29) is 5.41 Å². The molecule has 2 saturated heterocycles. The largest absolute Gasteiger partial charge is 0.340 e. The topological polar surface area (TPSA) is 35.6 Å². The van der Waals surface area contributed by atoms with Crippen LogP contribution in [0.15, 0.2) is 24.3 Å². The van der Waals surface area contributed by atoms with Gasteiger partial charge in [-0.3, -0.25) is 4.79 Å². The minimum atomic E-state index is 0.180. The first-order chi connectivity index (χ1) is 11.3. The zero-order chi connectivity index (χ0) is 15.7. The molecule has 0 saturated carbocycles. The van der Waals surface area contributed by atoms with Gasteiger partial charge in [-0.15, -0.1) is 0 Å². The van der Waals surface area contributed by atoms with Crippen LogP contribution in [-0.2, 0) is 16.8 Å². The average molecular weight is 313 g/mol. The molecule has 0 bridgehead atoms. The van der Waals surface area contributed by atoms with Crippen molar-refractivity contribution < 1.29 is 4.79 Å². The zero-order valence-corrected chi connectivity index (χ0v) is 13.8. The van der Waals surface area contributed by atoms with Gasteiger partial charge in [0.25, 0.3) is 0 Å². The number of fused-ring (bicyclic) bond motifs is 2. The highest BCUT2D eigenvalue weighted by Crippen LogP contribution is 2.42. The summed E-state index contributed by atoms with van der Waals surface area (Å²) < 4.78 is 0. The summed E-state index contributed by atoms with van der Waals surface area (Å²) in [5.41, 5.74) is 3.03. The first-order valence-electron chi connectivity index (χ1n) is 9.03. The second kappa shape index (κ2) is 6.25. The molecule has 1 aromatic rings. The summed E-state index contributed by atoms with van der Waals surface area (Å²) in [6, 6.07) is 9.53. The zero-order valence-electron chi connectivity index (χ0n) is 13.8. The quantitative estimate of drug-likeness (QED) is 0.845. The third-order valence-electron chi connectivity index (χ3n) is 6.20. The molecule has 23 heavy (non-hydrogen) atoms. The van der Waals surface area contributed by atoms with E-state index in [9.17, 15) is 4.79 Å². The molecule has 4 nitrogen and oxygen atoms in total. The van der Waals surface area contributed by atoms with Crippen molar-refractivity contribution in [2.45, 2.75) is 43.7 Å². The second-order valence-corrected chi connectivity index (χ2v) is 7.47. The van der Waals surface area contributed by atoms with Gasteiger partial charge in [-0.1, -0.05) is 24.3 Å². The summed E-state index contributed by atoms with van der Waals surface area (Å²) in [5, 5.41) is 3.46. The Hall–Kier alpha value is -1.39. The molecule has 3 aliphatic rings. The first kappa shape index (κ1) is 15.2. The number of amides is 1. The van der Waals surface area contributed by atoms with E-state index in [1.807, 2.05) is 4.90 Å². The van der Waals surface area contributed by atoms with E-state index in [0.29, 0.717) is 0 Å². The molecule has 124 valence electrons. The molecule has 1 amide bonds. The molecule has 0 radical (unpaired) electrons. The molecule has 1 spiro atoms. The lowest BCUT2D eigenvalue weighted by Crippen LogP contribution is -2.54. The fourth-order valence-corrected chi connectivity index (χ4v) is 4.92. The van der Waals surface area contributed by atoms with Crippen molar-refractivity contribution in [3.05, 3.63) is 35.4 Å². The van der Waals surface area contributed by atoms with Crippen LogP contribution >= 0.6 is 0 Å². The van der Waals surface area contributed by atoms with Gasteiger partial charge in [-0.2, -0.15) is 0 Å². The maximum Gasteiger partial charge on any atom is 0.210 e. The molecule has 4 heteroatoms. The Labute approximate surface area is 138 Å². The van der Waals surface area contributed by atoms with Crippen LogP contribution in [0.1, 0.15) is 36.8 Å². The summed E-state index contributed by atoms with van der Waals surface area (Å²) in [4.78, 5) is 16.1. The third kappa shape index (κ3) is 2.79. The Kier molecular flexibility index (Phi) is 4.12. The molecule has 0 aromatic heterocycles. The fraction of sp³-hybridized carbons (Fsp3) is 0.632. The highest BCUT2D eigenvalue weighted by Gasteiger charge is 2.42. The molecular formula is C19H27N3O. The molecular weight excluding hydrogens is 286 g/mol. The van der Waals surface area contributed by atoms with E-state index >= 15 is 0 Å². The molecule has 4 rings (SSSR count). The van der Waals surface area contributed by atoms with Gasteiger partial charge in [0, 0.05) is 24.5 Å². The predicted molar refractivity (Wildman–Crippen MR) is 91.3 cm³/mol. The molecule has 1 N–H and O–H groups in total. The molecule has 0 unspecified atom stereocenters. The van der Waals surface area contributed by atoms with Crippen LogP contribution in [-0.4, -0.2) is 55.0 Å². The van der Waals surface area contributed by atoms with Crippen molar-refractivity contribution in [2.24, 2.45) is 0 Å². The van der Waals surface area contributed by atoms with Crippen LogP contribution in [0, 0.1) is 0 Å². The SMILES string of the molecule is O=CN1Cc2ccccc2C2(CCN(C3CCNCC3)CC2)C1. The minimum Gasteiger partial charge on any atom is -0.340 e. The number of carbonyl (C=O) groups is 1. The Bertz CT molecular complexity index is 559. The Morgan fingerprint density at radius 3 is 2.61 bits per heavy atom. The van der Waals surface area contributed by atoms with Gasteiger partial charge >= 0.3 is 0 Å². The number of benzene rings is 1. The number of rotatable bonds is 2. The van der Waals surface area contributed by atoms with Crippen molar-refractivity contribution in [3.8, 4) is 0 Å². The molecule has 2 fully saturated rings. The number of hydrogen-bond donors (Lipinski definition) is 1. The van der Waals surface area contributed by atoms with Gasteiger partial charge in [0.15, 0.2) is 0 Å². The van der Waals surface area contributed by atoms with Crippen molar-refractivity contribution in [1.29, 1.82) is 0 Å². The minimum absolute atomic E-state index is 0.180. The number of nitrogens with one attached hydrogen (secondary N) is 1.